The number of fused-ring (bicyclic) bond motifs is 3. The summed E-state index contributed by atoms with van der Waals surface area (Å²) in [6.07, 6.45) is 0.793. The zero-order valence-electron chi connectivity index (χ0n) is 14.7. The first-order chi connectivity index (χ1) is 12.5. The van der Waals surface area contributed by atoms with E-state index in [-0.39, 0.29) is 24.3 Å². The number of nitrogens with zero attached hydrogens (tertiary/aromatic N) is 2. The van der Waals surface area contributed by atoms with Crippen LogP contribution in [0.15, 0.2) is 42.5 Å². The van der Waals surface area contributed by atoms with Gasteiger partial charge in [-0.25, -0.2) is 4.79 Å². The quantitative estimate of drug-likeness (QED) is 0.739. The van der Waals surface area contributed by atoms with Crippen LogP contribution in [0.3, 0.4) is 0 Å². The summed E-state index contributed by atoms with van der Waals surface area (Å²) < 4.78 is 0. The number of amides is 4. The molecule has 1 atom stereocenters. The van der Waals surface area contributed by atoms with Crippen LogP contribution in [0.25, 0.3) is 11.1 Å². The molecule has 0 radical (unpaired) electrons. The fourth-order valence-corrected chi connectivity index (χ4v) is 3.69. The number of hydrogen-bond donors (Lipinski definition) is 1. The first-order valence-corrected chi connectivity index (χ1v) is 8.51. The van der Waals surface area contributed by atoms with Crippen molar-refractivity contribution in [3.8, 4) is 11.1 Å². The molecule has 0 aromatic heterocycles. The molecule has 6 heteroatoms. The molecule has 4 amide bonds. The third-order valence-corrected chi connectivity index (χ3v) is 5.13. The van der Waals surface area contributed by atoms with Crippen LogP contribution in [-0.2, 0) is 16.0 Å². The minimum atomic E-state index is -0.744. The Morgan fingerprint density at radius 3 is 2.54 bits per heavy atom. The second-order valence-electron chi connectivity index (χ2n) is 6.76. The van der Waals surface area contributed by atoms with E-state index in [2.05, 4.69) is 17.4 Å². The van der Waals surface area contributed by atoms with Gasteiger partial charge in [-0.2, -0.15) is 0 Å². The molecule has 4 rings (SSSR count). The highest BCUT2D eigenvalue weighted by atomic mass is 16.2. The van der Waals surface area contributed by atoms with E-state index in [1.54, 1.807) is 0 Å². The highest BCUT2D eigenvalue weighted by molar-refractivity contribution is 6.06. The Hall–Kier alpha value is -3.15. The first kappa shape index (κ1) is 16.3. The lowest BCUT2D eigenvalue weighted by Gasteiger charge is -2.16. The fraction of sp³-hybridized carbons (Fsp3) is 0.250. The maximum absolute atomic E-state index is 12.4. The van der Waals surface area contributed by atoms with Crippen molar-refractivity contribution >= 4 is 23.5 Å². The predicted octanol–water partition coefficient (Wildman–Crippen LogP) is 2.48. The second-order valence-corrected chi connectivity index (χ2v) is 6.76. The lowest BCUT2D eigenvalue weighted by Crippen LogP contribution is -2.35. The number of benzene rings is 2. The van der Waals surface area contributed by atoms with Crippen molar-refractivity contribution in [2.24, 2.45) is 0 Å². The van der Waals surface area contributed by atoms with Gasteiger partial charge < -0.3 is 10.2 Å². The second kappa shape index (κ2) is 5.98. The van der Waals surface area contributed by atoms with E-state index >= 15 is 0 Å². The standard InChI is InChI=1S/C20H19N3O3/c1-22-17(19(25)23(2)20(22)26)11-18(24)21-14-7-8-16-13(10-14)9-12-5-3-4-6-15(12)16/h3-8,10,17H,9,11H2,1-2H3,(H,21,24)/t17-/m0/s1. The largest absolute Gasteiger partial charge is 0.326 e. The number of urea groups is 1. The Kier molecular flexibility index (Phi) is 3.76. The Morgan fingerprint density at radius 1 is 1.08 bits per heavy atom. The maximum atomic E-state index is 12.4. The topological polar surface area (TPSA) is 69.7 Å². The van der Waals surface area contributed by atoms with Crippen molar-refractivity contribution < 1.29 is 14.4 Å². The minimum absolute atomic E-state index is 0.0529. The normalized spacial score (nSPS) is 18.2. The van der Waals surface area contributed by atoms with E-state index in [9.17, 15) is 14.4 Å². The average Bonchev–Trinajstić information content (AvgIpc) is 3.08. The van der Waals surface area contributed by atoms with Crippen molar-refractivity contribution in [1.82, 2.24) is 9.80 Å². The van der Waals surface area contributed by atoms with Gasteiger partial charge in [0.1, 0.15) is 6.04 Å². The smallest absolute Gasteiger partial charge is 0.326 e. The number of imide groups is 1. The number of anilines is 1. The predicted molar refractivity (Wildman–Crippen MR) is 97.6 cm³/mol. The summed E-state index contributed by atoms with van der Waals surface area (Å²) in [5.74, 6) is -0.634. The average molecular weight is 349 g/mol. The van der Waals surface area contributed by atoms with Gasteiger partial charge in [0.15, 0.2) is 0 Å². The molecule has 0 unspecified atom stereocenters. The van der Waals surface area contributed by atoms with E-state index in [0.717, 1.165) is 11.3 Å². The molecule has 2 aromatic carbocycles. The van der Waals surface area contributed by atoms with Crippen LogP contribution in [0.2, 0.25) is 0 Å². The Balaban J connectivity index is 1.47. The number of hydrogen-bond acceptors (Lipinski definition) is 3. The maximum Gasteiger partial charge on any atom is 0.326 e. The summed E-state index contributed by atoms with van der Waals surface area (Å²) >= 11 is 0. The summed E-state index contributed by atoms with van der Waals surface area (Å²) in [5.41, 5.74) is 5.59. The zero-order chi connectivity index (χ0) is 18.4. The van der Waals surface area contributed by atoms with Crippen molar-refractivity contribution in [3.63, 3.8) is 0 Å². The lowest BCUT2D eigenvalue weighted by atomic mass is 10.1. The Bertz CT molecular complexity index is 938. The molecular weight excluding hydrogens is 330 g/mol. The summed E-state index contributed by atoms with van der Waals surface area (Å²) in [6.45, 7) is 0. The van der Waals surface area contributed by atoms with Gasteiger partial charge in [-0.3, -0.25) is 14.5 Å². The fourth-order valence-electron chi connectivity index (χ4n) is 3.69. The van der Waals surface area contributed by atoms with Gasteiger partial charge >= 0.3 is 6.03 Å². The van der Waals surface area contributed by atoms with Crippen LogP contribution in [-0.4, -0.2) is 47.8 Å². The van der Waals surface area contributed by atoms with Gasteiger partial charge in [-0.05, 0) is 40.8 Å². The Labute approximate surface area is 151 Å². The minimum Gasteiger partial charge on any atom is -0.326 e. The molecule has 132 valence electrons. The molecule has 6 nitrogen and oxygen atoms in total. The third-order valence-electron chi connectivity index (χ3n) is 5.13. The summed E-state index contributed by atoms with van der Waals surface area (Å²) in [7, 11) is 2.96. The van der Waals surface area contributed by atoms with Gasteiger partial charge in [-0.15, -0.1) is 0 Å². The highest BCUT2D eigenvalue weighted by Gasteiger charge is 2.41. The third kappa shape index (κ3) is 2.54. The molecule has 0 spiro atoms. The van der Waals surface area contributed by atoms with Crippen LogP contribution in [0.4, 0.5) is 10.5 Å². The number of nitrogens with one attached hydrogen (secondary N) is 1. The first-order valence-electron chi connectivity index (χ1n) is 8.51. The number of carbonyl (C=O) groups excluding carboxylic acids is 3. The molecule has 1 heterocycles. The van der Waals surface area contributed by atoms with Gasteiger partial charge in [-0.1, -0.05) is 30.3 Å². The van der Waals surface area contributed by atoms with Crippen LogP contribution in [0.5, 0.6) is 0 Å². The van der Waals surface area contributed by atoms with E-state index in [1.165, 1.54) is 41.2 Å². The zero-order valence-corrected chi connectivity index (χ0v) is 14.7. The molecule has 1 saturated heterocycles. The molecule has 26 heavy (non-hydrogen) atoms. The summed E-state index contributed by atoms with van der Waals surface area (Å²) in [6, 6.07) is 13.0. The molecular formula is C20H19N3O3. The van der Waals surface area contributed by atoms with Crippen LogP contribution >= 0.6 is 0 Å². The number of carbonyl (C=O) groups is 3. The van der Waals surface area contributed by atoms with Crippen molar-refractivity contribution in [3.05, 3.63) is 53.6 Å². The summed E-state index contributed by atoms with van der Waals surface area (Å²) in [4.78, 5) is 38.6. The molecule has 0 bridgehead atoms. The number of rotatable bonds is 3. The van der Waals surface area contributed by atoms with E-state index < -0.39 is 6.04 Å². The van der Waals surface area contributed by atoms with Gasteiger partial charge in [0.05, 0.1) is 6.42 Å². The van der Waals surface area contributed by atoms with E-state index in [1.807, 2.05) is 30.3 Å². The van der Waals surface area contributed by atoms with Crippen LogP contribution in [0, 0.1) is 0 Å². The molecule has 0 saturated carbocycles. The summed E-state index contributed by atoms with van der Waals surface area (Å²) in [5, 5.41) is 2.85. The van der Waals surface area contributed by atoms with Gasteiger partial charge in [0, 0.05) is 19.8 Å². The number of likely N-dealkylation sites (N-methyl/N-ethyl adjacent to an activating group) is 2. The molecule has 1 aliphatic heterocycles. The molecule has 1 aliphatic carbocycles. The molecule has 2 aromatic rings. The van der Waals surface area contributed by atoms with Crippen molar-refractivity contribution in [1.29, 1.82) is 0 Å². The van der Waals surface area contributed by atoms with Gasteiger partial charge in [0.25, 0.3) is 5.91 Å². The monoisotopic (exact) mass is 349 g/mol. The Morgan fingerprint density at radius 2 is 1.81 bits per heavy atom. The van der Waals surface area contributed by atoms with Gasteiger partial charge in [0.2, 0.25) is 5.91 Å². The van der Waals surface area contributed by atoms with E-state index in [0.29, 0.717) is 5.69 Å². The van der Waals surface area contributed by atoms with Crippen molar-refractivity contribution in [2.75, 3.05) is 19.4 Å². The molecule has 1 N–H and O–H groups in total. The molecule has 2 aliphatic rings. The lowest BCUT2D eigenvalue weighted by molar-refractivity contribution is -0.129. The van der Waals surface area contributed by atoms with Crippen LogP contribution < -0.4 is 5.32 Å². The van der Waals surface area contributed by atoms with Crippen LogP contribution in [0.1, 0.15) is 17.5 Å². The van der Waals surface area contributed by atoms with Crippen molar-refractivity contribution in [2.45, 2.75) is 18.9 Å². The SMILES string of the molecule is CN1C(=O)[C@H](CC(=O)Nc2ccc3c(c2)Cc2ccccc2-3)N(C)C1=O. The van der Waals surface area contributed by atoms with E-state index in [4.69, 9.17) is 0 Å². The highest BCUT2D eigenvalue weighted by Crippen LogP contribution is 2.37. The molecule has 1 fully saturated rings.